The first-order chi connectivity index (χ1) is 9.90. The Hall–Kier alpha value is -2.55. The summed E-state index contributed by atoms with van der Waals surface area (Å²) in [5, 5.41) is 8.66. The molecule has 0 unspecified atom stereocenters. The van der Waals surface area contributed by atoms with Crippen LogP contribution < -0.4 is 4.74 Å². The van der Waals surface area contributed by atoms with Gasteiger partial charge in [-0.15, -0.1) is 0 Å². The second-order valence-corrected chi connectivity index (χ2v) is 4.24. The lowest BCUT2D eigenvalue weighted by Crippen LogP contribution is -2.09. The van der Waals surface area contributed by atoms with Crippen LogP contribution in [0.15, 0.2) is 42.5 Å². The van der Waals surface area contributed by atoms with Crippen molar-refractivity contribution < 1.29 is 22.3 Å². The standard InChI is InChI=1S/C15H9F4NO/c16-12-3-1-2-11(6-12)9-21-14-5-4-10(8-20)7-13(14)15(17,18)19/h1-7H,9H2. The SMILES string of the molecule is N#Cc1ccc(OCc2cccc(F)c2)c(C(F)(F)F)c1. The van der Waals surface area contributed by atoms with Crippen molar-refractivity contribution in [2.24, 2.45) is 0 Å². The average Bonchev–Trinajstić information content (AvgIpc) is 2.44. The maximum absolute atomic E-state index is 13.0. The minimum absolute atomic E-state index is 0.111. The molecule has 0 aliphatic carbocycles. The van der Waals surface area contributed by atoms with E-state index in [1.165, 1.54) is 24.3 Å². The monoisotopic (exact) mass is 295 g/mol. The van der Waals surface area contributed by atoms with Crippen LogP contribution in [0, 0.1) is 17.1 Å². The van der Waals surface area contributed by atoms with Crippen molar-refractivity contribution in [3.8, 4) is 11.8 Å². The molecule has 0 atom stereocenters. The van der Waals surface area contributed by atoms with Crippen LogP contribution in [0.2, 0.25) is 0 Å². The Morgan fingerprint density at radius 3 is 2.48 bits per heavy atom. The molecular weight excluding hydrogens is 286 g/mol. The maximum Gasteiger partial charge on any atom is 0.420 e. The normalized spacial score (nSPS) is 11.0. The molecule has 0 radical (unpaired) electrons. The van der Waals surface area contributed by atoms with E-state index >= 15 is 0 Å². The second-order valence-electron chi connectivity index (χ2n) is 4.24. The van der Waals surface area contributed by atoms with Gasteiger partial charge in [0.15, 0.2) is 0 Å². The molecular formula is C15H9F4NO. The zero-order chi connectivity index (χ0) is 15.5. The number of nitriles is 1. The van der Waals surface area contributed by atoms with Crippen molar-refractivity contribution in [1.82, 2.24) is 0 Å². The van der Waals surface area contributed by atoms with Gasteiger partial charge in [-0.1, -0.05) is 12.1 Å². The number of ether oxygens (including phenoxy) is 1. The van der Waals surface area contributed by atoms with Gasteiger partial charge >= 0.3 is 6.18 Å². The highest BCUT2D eigenvalue weighted by Gasteiger charge is 2.34. The zero-order valence-corrected chi connectivity index (χ0v) is 10.6. The van der Waals surface area contributed by atoms with Crippen LogP contribution in [0.4, 0.5) is 17.6 Å². The first-order valence-electron chi connectivity index (χ1n) is 5.89. The van der Waals surface area contributed by atoms with Gasteiger partial charge in [0.25, 0.3) is 0 Å². The number of hydrogen-bond donors (Lipinski definition) is 0. The van der Waals surface area contributed by atoms with E-state index in [0.717, 1.165) is 12.1 Å². The van der Waals surface area contributed by atoms with Gasteiger partial charge in [0.2, 0.25) is 0 Å². The van der Waals surface area contributed by atoms with Gasteiger partial charge in [-0.05, 0) is 35.9 Å². The van der Waals surface area contributed by atoms with Gasteiger partial charge in [0.05, 0.1) is 17.2 Å². The summed E-state index contributed by atoms with van der Waals surface area (Å²) < 4.78 is 56.8. The number of halogens is 4. The Morgan fingerprint density at radius 1 is 1.10 bits per heavy atom. The van der Waals surface area contributed by atoms with Gasteiger partial charge in [0, 0.05) is 0 Å². The molecule has 0 bridgehead atoms. The summed E-state index contributed by atoms with van der Waals surface area (Å²) in [5.74, 6) is -0.891. The van der Waals surface area contributed by atoms with Gasteiger partial charge in [-0.3, -0.25) is 0 Å². The van der Waals surface area contributed by atoms with E-state index in [0.29, 0.717) is 5.56 Å². The smallest absolute Gasteiger partial charge is 0.420 e. The molecule has 0 amide bonds. The Labute approximate surface area is 118 Å². The number of nitrogens with zero attached hydrogens (tertiary/aromatic N) is 1. The number of rotatable bonds is 3. The van der Waals surface area contributed by atoms with Crippen molar-refractivity contribution >= 4 is 0 Å². The third kappa shape index (κ3) is 3.72. The van der Waals surface area contributed by atoms with Crippen LogP contribution >= 0.6 is 0 Å². The summed E-state index contributed by atoms with van der Waals surface area (Å²) in [6, 6.07) is 10.1. The quantitative estimate of drug-likeness (QED) is 0.791. The zero-order valence-electron chi connectivity index (χ0n) is 10.6. The minimum Gasteiger partial charge on any atom is -0.488 e. The fourth-order valence-corrected chi connectivity index (χ4v) is 1.73. The molecule has 0 aromatic heterocycles. The molecule has 21 heavy (non-hydrogen) atoms. The molecule has 2 aromatic rings. The van der Waals surface area contributed by atoms with E-state index in [1.807, 2.05) is 0 Å². The largest absolute Gasteiger partial charge is 0.488 e. The third-order valence-electron chi connectivity index (χ3n) is 2.70. The van der Waals surface area contributed by atoms with Gasteiger partial charge < -0.3 is 4.74 Å². The highest BCUT2D eigenvalue weighted by molar-refractivity contribution is 5.43. The van der Waals surface area contributed by atoms with Crippen molar-refractivity contribution in [2.45, 2.75) is 12.8 Å². The second kappa shape index (κ2) is 5.83. The summed E-state index contributed by atoms with van der Waals surface area (Å²) >= 11 is 0. The molecule has 0 heterocycles. The van der Waals surface area contributed by atoms with Gasteiger partial charge in [-0.2, -0.15) is 18.4 Å². The first-order valence-corrected chi connectivity index (χ1v) is 5.89. The number of benzene rings is 2. The molecule has 0 aliphatic heterocycles. The Balaban J connectivity index is 2.26. The number of alkyl halides is 3. The number of hydrogen-bond acceptors (Lipinski definition) is 2. The molecule has 0 saturated carbocycles. The van der Waals surface area contributed by atoms with Crippen LogP contribution in [0.3, 0.4) is 0 Å². The van der Waals surface area contributed by atoms with Gasteiger partial charge in [-0.25, -0.2) is 4.39 Å². The maximum atomic E-state index is 13.0. The van der Waals surface area contributed by atoms with E-state index in [2.05, 4.69) is 0 Å². The molecule has 0 spiro atoms. The molecule has 108 valence electrons. The Bertz CT molecular complexity index is 689. The molecule has 2 aromatic carbocycles. The van der Waals surface area contributed by atoms with Crippen molar-refractivity contribution in [1.29, 1.82) is 5.26 Å². The predicted octanol–water partition coefficient (Wildman–Crippen LogP) is 4.30. The van der Waals surface area contributed by atoms with Crippen LogP contribution in [0.5, 0.6) is 5.75 Å². The summed E-state index contributed by atoms with van der Waals surface area (Å²) in [5.41, 5.74) is -0.731. The molecule has 0 N–H and O–H groups in total. The van der Waals surface area contributed by atoms with E-state index in [-0.39, 0.29) is 12.2 Å². The predicted molar refractivity (Wildman–Crippen MR) is 66.9 cm³/mol. The lowest BCUT2D eigenvalue weighted by molar-refractivity contribution is -0.139. The fourth-order valence-electron chi connectivity index (χ4n) is 1.73. The van der Waals surface area contributed by atoms with Gasteiger partial charge in [0.1, 0.15) is 18.2 Å². The van der Waals surface area contributed by atoms with Crippen LogP contribution in [0.1, 0.15) is 16.7 Å². The molecule has 2 rings (SSSR count). The van der Waals surface area contributed by atoms with Crippen LogP contribution in [0.25, 0.3) is 0 Å². The lowest BCUT2D eigenvalue weighted by atomic mass is 10.1. The molecule has 0 aliphatic rings. The Morgan fingerprint density at radius 2 is 1.86 bits per heavy atom. The first kappa shape index (κ1) is 14.9. The van der Waals surface area contributed by atoms with E-state index in [9.17, 15) is 17.6 Å². The minimum atomic E-state index is -4.63. The van der Waals surface area contributed by atoms with E-state index < -0.39 is 23.3 Å². The van der Waals surface area contributed by atoms with Crippen molar-refractivity contribution in [2.75, 3.05) is 0 Å². The average molecular weight is 295 g/mol. The lowest BCUT2D eigenvalue weighted by Gasteiger charge is -2.14. The Kier molecular flexibility index (Phi) is 4.13. The van der Waals surface area contributed by atoms with Crippen molar-refractivity contribution in [3.05, 3.63) is 65.0 Å². The fraction of sp³-hybridized carbons (Fsp3) is 0.133. The molecule has 6 heteroatoms. The van der Waals surface area contributed by atoms with E-state index in [1.54, 1.807) is 12.1 Å². The van der Waals surface area contributed by atoms with Crippen molar-refractivity contribution in [3.63, 3.8) is 0 Å². The highest BCUT2D eigenvalue weighted by atomic mass is 19.4. The molecule has 0 saturated heterocycles. The molecule has 2 nitrogen and oxygen atoms in total. The third-order valence-corrected chi connectivity index (χ3v) is 2.70. The topological polar surface area (TPSA) is 33.0 Å². The summed E-state index contributed by atoms with van der Waals surface area (Å²) in [6.07, 6.45) is -4.63. The highest BCUT2D eigenvalue weighted by Crippen LogP contribution is 2.37. The van der Waals surface area contributed by atoms with E-state index in [4.69, 9.17) is 10.00 Å². The summed E-state index contributed by atoms with van der Waals surface area (Å²) in [7, 11) is 0. The molecule has 0 fully saturated rings. The van der Waals surface area contributed by atoms with Crippen LogP contribution in [-0.4, -0.2) is 0 Å². The van der Waals surface area contributed by atoms with Crippen LogP contribution in [-0.2, 0) is 12.8 Å². The summed E-state index contributed by atoms with van der Waals surface area (Å²) in [4.78, 5) is 0. The summed E-state index contributed by atoms with van der Waals surface area (Å²) in [6.45, 7) is -0.202.